The highest BCUT2D eigenvalue weighted by Crippen LogP contribution is 2.31. The SMILES string of the molecule is C=Cc1ccc2c(c1)CC[C@@H](NC(=O)C[C@@H](NS(=O)(=O)c1cccc(C(F)(F)F)c1)c1ccc(F)cc1)C2. The molecule has 3 aromatic carbocycles. The molecule has 10 heteroatoms. The summed E-state index contributed by atoms with van der Waals surface area (Å²) in [6.45, 7) is 3.77. The Bertz CT molecular complexity index is 1440. The van der Waals surface area contributed by atoms with Gasteiger partial charge in [0.1, 0.15) is 5.82 Å². The molecule has 3 aromatic rings. The van der Waals surface area contributed by atoms with Gasteiger partial charge in [0.05, 0.1) is 16.5 Å². The lowest BCUT2D eigenvalue weighted by Crippen LogP contribution is -2.41. The third kappa shape index (κ3) is 6.68. The van der Waals surface area contributed by atoms with Crippen LogP contribution in [0.25, 0.3) is 6.08 Å². The molecular weight excluding hydrogens is 520 g/mol. The highest BCUT2D eigenvalue weighted by molar-refractivity contribution is 7.89. The van der Waals surface area contributed by atoms with E-state index in [2.05, 4.69) is 22.7 Å². The Labute approximate surface area is 218 Å². The highest BCUT2D eigenvalue weighted by atomic mass is 32.2. The predicted molar refractivity (Wildman–Crippen MR) is 136 cm³/mol. The summed E-state index contributed by atoms with van der Waals surface area (Å²) in [5.41, 5.74) is 2.48. The number of rotatable bonds is 8. The van der Waals surface area contributed by atoms with E-state index in [0.29, 0.717) is 24.5 Å². The number of alkyl halides is 3. The number of carbonyl (C=O) groups is 1. The van der Waals surface area contributed by atoms with E-state index in [1.165, 1.54) is 17.7 Å². The second kappa shape index (κ2) is 11.1. The van der Waals surface area contributed by atoms with Gasteiger partial charge in [-0.3, -0.25) is 4.79 Å². The summed E-state index contributed by atoms with van der Waals surface area (Å²) in [5.74, 6) is -1.000. The molecule has 0 fully saturated rings. The lowest BCUT2D eigenvalue weighted by atomic mass is 9.87. The van der Waals surface area contributed by atoms with E-state index >= 15 is 0 Å². The number of sulfonamides is 1. The lowest BCUT2D eigenvalue weighted by Gasteiger charge is -2.27. The van der Waals surface area contributed by atoms with Crippen LogP contribution in [0.3, 0.4) is 0 Å². The van der Waals surface area contributed by atoms with Gasteiger partial charge in [0.25, 0.3) is 0 Å². The first-order valence-electron chi connectivity index (χ1n) is 11.9. The summed E-state index contributed by atoms with van der Waals surface area (Å²) < 4.78 is 81.3. The average Bonchev–Trinajstić information content (AvgIpc) is 2.88. The van der Waals surface area contributed by atoms with E-state index in [-0.39, 0.29) is 12.5 Å². The maximum atomic E-state index is 13.5. The van der Waals surface area contributed by atoms with Gasteiger partial charge in [0.2, 0.25) is 15.9 Å². The molecule has 0 bridgehead atoms. The minimum absolute atomic E-state index is 0.168. The molecule has 2 N–H and O–H groups in total. The van der Waals surface area contributed by atoms with Gasteiger partial charge in [-0.05, 0) is 71.8 Å². The minimum Gasteiger partial charge on any atom is -0.353 e. The van der Waals surface area contributed by atoms with E-state index in [1.54, 1.807) is 6.08 Å². The summed E-state index contributed by atoms with van der Waals surface area (Å²) in [5, 5.41) is 2.94. The second-order valence-electron chi connectivity index (χ2n) is 9.19. The molecular formula is C28H26F4N2O3S. The Morgan fingerprint density at radius 1 is 1.05 bits per heavy atom. The summed E-state index contributed by atoms with van der Waals surface area (Å²) in [6.07, 6.45) is -1.24. The smallest absolute Gasteiger partial charge is 0.353 e. The Balaban J connectivity index is 1.52. The molecule has 5 nitrogen and oxygen atoms in total. The maximum absolute atomic E-state index is 13.5. The third-order valence-electron chi connectivity index (χ3n) is 6.49. The van der Waals surface area contributed by atoms with Crippen LogP contribution in [0.15, 0.2) is 78.2 Å². The fourth-order valence-electron chi connectivity index (χ4n) is 4.51. The summed E-state index contributed by atoms with van der Waals surface area (Å²) in [4.78, 5) is 12.4. The molecule has 0 unspecified atom stereocenters. The maximum Gasteiger partial charge on any atom is 0.416 e. The van der Waals surface area contributed by atoms with Crippen LogP contribution in [-0.4, -0.2) is 20.4 Å². The van der Waals surface area contributed by atoms with Gasteiger partial charge in [-0.25, -0.2) is 17.5 Å². The minimum atomic E-state index is -4.73. The molecule has 1 amide bonds. The van der Waals surface area contributed by atoms with Crippen molar-refractivity contribution in [2.24, 2.45) is 0 Å². The summed E-state index contributed by atoms with van der Waals surface area (Å²) >= 11 is 0. The predicted octanol–water partition coefficient (Wildman–Crippen LogP) is 5.57. The molecule has 0 spiro atoms. The number of benzene rings is 3. The van der Waals surface area contributed by atoms with Crippen molar-refractivity contribution < 1.29 is 30.8 Å². The van der Waals surface area contributed by atoms with Crippen LogP contribution >= 0.6 is 0 Å². The van der Waals surface area contributed by atoms with Crippen LogP contribution < -0.4 is 10.0 Å². The molecule has 200 valence electrons. The monoisotopic (exact) mass is 546 g/mol. The van der Waals surface area contributed by atoms with Crippen molar-refractivity contribution in [3.05, 3.63) is 107 Å². The highest BCUT2D eigenvalue weighted by Gasteiger charge is 2.32. The molecule has 4 rings (SSSR count). The van der Waals surface area contributed by atoms with Crippen molar-refractivity contribution >= 4 is 22.0 Å². The Morgan fingerprint density at radius 2 is 1.79 bits per heavy atom. The third-order valence-corrected chi connectivity index (χ3v) is 7.96. The van der Waals surface area contributed by atoms with Crippen molar-refractivity contribution in [1.82, 2.24) is 10.0 Å². The van der Waals surface area contributed by atoms with Crippen LogP contribution in [0.1, 0.15) is 46.7 Å². The normalized spacial score (nSPS) is 16.4. The number of fused-ring (bicyclic) bond motifs is 1. The molecule has 2 atom stereocenters. The average molecular weight is 547 g/mol. The lowest BCUT2D eigenvalue weighted by molar-refractivity contribution is -0.137. The van der Waals surface area contributed by atoms with Gasteiger partial charge in [0, 0.05) is 12.5 Å². The largest absolute Gasteiger partial charge is 0.416 e. The van der Waals surface area contributed by atoms with Crippen LogP contribution in [-0.2, 0) is 33.8 Å². The number of halogens is 4. The molecule has 0 saturated heterocycles. The van der Waals surface area contributed by atoms with Crippen molar-refractivity contribution in [1.29, 1.82) is 0 Å². The molecule has 0 aromatic heterocycles. The first kappa shape index (κ1) is 27.5. The standard InChI is InChI=1S/C28H26F4N2O3S/c1-2-18-6-7-21-15-24(13-10-20(21)14-18)33-27(35)17-26(19-8-11-23(29)12-9-19)34-38(36,37)25-5-3-4-22(16-25)28(30,31)32/h2-9,11-12,14,16,24,26,34H,1,10,13,15,17H2,(H,33,35)/t24-,26-/m1/s1. The van der Waals surface area contributed by atoms with Gasteiger partial charge in [0.15, 0.2) is 0 Å². The van der Waals surface area contributed by atoms with Crippen molar-refractivity contribution in [3.63, 3.8) is 0 Å². The van der Waals surface area contributed by atoms with E-state index in [9.17, 15) is 30.8 Å². The zero-order valence-corrected chi connectivity index (χ0v) is 21.1. The molecule has 0 radical (unpaired) electrons. The molecule has 0 saturated carbocycles. The van der Waals surface area contributed by atoms with Crippen LogP contribution in [0.2, 0.25) is 0 Å². The topological polar surface area (TPSA) is 75.3 Å². The zero-order chi connectivity index (χ0) is 27.5. The number of carbonyl (C=O) groups excluding carboxylic acids is 1. The van der Waals surface area contributed by atoms with Crippen molar-refractivity contribution in [3.8, 4) is 0 Å². The fraction of sp³-hybridized carbons (Fsp3) is 0.250. The first-order valence-corrected chi connectivity index (χ1v) is 13.4. The fourth-order valence-corrected chi connectivity index (χ4v) is 5.78. The van der Waals surface area contributed by atoms with Crippen LogP contribution in [0.4, 0.5) is 17.6 Å². The van der Waals surface area contributed by atoms with Gasteiger partial charge in [-0.2, -0.15) is 13.2 Å². The molecule has 38 heavy (non-hydrogen) atoms. The van der Waals surface area contributed by atoms with Gasteiger partial charge >= 0.3 is 6.18 Å². The Kier molecular flexibility index (Phi) is 8.03. The molecule has 1 aliphatic rings. The van der Waals surface area contributed by atoms with Gasteiger partial charge < -0.3 is 5.32 Å². The quantitative estimate of drug-likeness (QED) is 0.363. The van der Waals surface area contributed by atoms with E-state index in [1.807, 2.05) is 12.1 Å². The van der Waals surface area contributed by atoms with Crippen LogP contribution in [0.5, 0.6) is 0 Å². The Hall–Kier alpha value is -3.50. The van der Waals surface area contributed by atoms with Gasteiger partial charge in [-0.1, -0.05) is 49.1 Å². The van der Waals surface area contributed by atoms with Gasteiger partial charge in [-0.15, -0.1) is 0 Å². The Morgan fingerprint density at radius 3 is 2.47 bits per heavy atom. The van der Waals surface area contributed by atoms with E-state index < -0.39 is 44.4 Å². The number of aryl methyl sites for hydroxylation is 1. The van der Waals surface area contributed by atoms with E-state index in [4.69, 9.17) is 0 Å². The van der Waals surface area contributed by atoms with Crippen LogP contribution in [0, 0.1) is 5.82 Å². The number of amides is 1. The zero-order valence-electron chi connectivity index (χ0n) is 20.3. The van der Waals surface area contributed by atoms with Crippen molar-refractivity contribution in [2.75, 3.05) is 0 Å². The summed E-state index contributed by atoms with van der Waals surface area (Å²) in [7, 11) is -4.46. The number of nitrogens with one attached hydrogen (secondary N) is 2. The molecule has 0 aliphatic heterocycles. The first-order chi connectivity index (χ1) is 17.9. The summed E-state index contributed by atoms with van der Waals surface area (Å²) in [6, 6.07) is 12.9. The molecule has 1 aliphatic carbocycles. The van der Waals surface area contributed by atoms with Crippen molar-refractivity contribution in [2.45, 2.75) is 48.8 Å². The molecule has 0 heterocycles. The number of hydrogen-bond donors (Lipinski definition) is 2. The van der Waals surface area contributed by atoms with E-state index in [0.717, 1.165) is 47.9 Å². The second-order valence-corrected chi connectivity index (χ2v) is 10.9. The number of hydrogen-bond acceptors (Lipinski definition) is 3.